The van der Waals surface area contributed by atoms with Crippen LogP contribution >= 0.6 is 0 Å². The normalized spacial score (nSPS) is 33.8. The lowest BCUT2D eigenvalue weighted by atomic mass is 9.71. The molecule has 5 heteroatoms. The van der Waals surface area contributed by atoms with Gasteiger partial charge < -0.3 is 20.1 Å². The van der Waals surface area contributed by atoms with E-state index in [0.29, 0.717) is 12.0 Å². The molecular formula is C14H26N2O3. The van der Waals surface area contributed by atoms with Gasteiger partial charge in [0.2, 0.25) is 0 Å². The van der Waals surface area contributed by atoms with Crippen molar-refractivity contribution in [2.24, 2.45) is 5.92 Å². The molecule has 0 aromatic heterocycles. The Morgan fingerprint density at radius 3 is 2.58 bits per heavy atom. The van der Waals surface area contributed by atoms with Gasteiger partial charge in [-0.25, -0.2) is 4.79 Å². The van der Waals surface area contributed by atoms with Gasteiger partial charge in [0, 0.05) is 18.6 Å². The van der Waals surface area contributed by atoms with E-state index in [1.54, 1.807) is 0 Å². The first-order valence-electron chi connectivity index (χ1n) is 7.15. The lowest BCUT2D eigenvalue weighted by Crippen LogP contribution is -2.71. The number of ether oxygens (including phenoxy) is 2. The Balaban J connectivity index is 1.92. The molecule has 1 aliphatic carbocycles. The molecule has 4 unspecified atom stereocenters. The first-order chi connectivity index (χ1) is 8.78. The highest BCUT2D eigenvalue weighted by Crippen LogP contribution is 2.39. The molecule has 1 saturated heterocycles. The maximum atomic E-state index is 11.9. The maximum Gasteiger partial charge on any atom is 0.407 e. The van der Waals surface area contributed by atoms with Crippen molar-refractivity contribution in [2.75, 3.05) is 6.61 Å². The number of carbonyl (C=O) groups excluding carboxylic acids is 1. The minimum absolute atomic E-state index is 0.116. The summed E-state index contributed by atoms with van der Waals surface area (Å²) in [5, 5.41) is 6.47. The SMILES string of the molecule is CC(C)NC1C(NC(=O)OC(C)(C)C)C2CCOC21. The lowest BCUT2D eigenvalue weighted by Gasteiger charge is -2.48. The summed E-state index contributed by atoms with van der Waals surface area (Å²) in [5.74, 6) is 0.420. The predicted molar refractivity (Wildman–Crippen MR) is 73.1 cm³/mol. The fourth-order valence-electron chi connectivity index (χ4n) is 2.93. The summed E-state index contributed by atoms with van der Waals surface area (Å²) in [7, 11) is 0. The molecule has 2 fully saturated rings. The number of hydrogen-bond acceptors (Lipinski definition) is 4. The monoisotopic (exact) mass is 270 g/mol. The number of carbonyl (C=O) groups is 1. The van der Waals surface area contributed by atoms with Gasteiger partial charge in [-0.1, -0.05) is 13.8 Å². The summed E-state index contributed by atoms with van der Waals surface area (Å²) in [6, 6.07) is 0.683. The Morgan fingerprint density at radius 2 is 2.00 bits per heavy atom. The minimum Gasteiger partial charge on any atom is -0.444 e. The fourth-order valence-corrected chi connectivity index (χ4v) is 2.93. The lowest BCUT2D eigenvalue weighted by molar-refractivity contribution is -0.0364. The molecule has 0 bridgehead atoms. The molecule has 5 nitrogen and oxygen atoms in total. The van der Waals surface area contributed by atoms with Gasteiger partial charge in [0.25, 0.3) is 0 Å². The topological polar surface area (TPSA) is 59.6 Å². The number of alkyl carbamates (subject to hydrolysis) is 1. The summed E-state index contributed by atoms with van der Waals surface area (Å²) in [4.78, 5) is 11.9. The van der Waals surface area contributed by atoms with Crippen molar-refractivity contribution < 1.29 is 14.3 Å². The number of hydrogen-bond donors (Lipinski definition) is 2. The van der Waals surface area contributed by atoms with Crippen molar-refractivity contribution in [1.29, 1.82) is 0 Å². The molecule has 0 spiro atoms. The molecule has 1 amide bonds. The van der Waals surface area contributed by atoms with Gasteiger partial charge in [0.1, 0.15) is 5.60 Å². The Kier molecular flexibility index (Phi) is 4.06. The van der Waals surface area contributed by atoms with Crippen LogP contribution in [0.25, 0.3) is 0 Å². The van der Waals surface area contributed by atoms with Crippen molar-refractivity contribution in [3.05, 3.63) is 0 Å². The van der Waals surface area contributed by atoms with E-state index < -0.39 is 5.60 Å². The molecule has 0 radical (unpaired) electrons. The highest BCUT2D eigenvalue weighted by molar-refractivity contribution is 5.68. The number of rotatable bonds is 3. The van der Waals surface area contributed by atoms with E-state index in [1.165, 1.54) is 0 Å². The van der Waals surface area contributed by atoms with Crippen LogP contribution in [0.15, 0.2) is 0 Å². The summed E-state index contributed by atoms with van der Waals surface area (Å²) in [6.07, 6.45) is 0.919. The largest absolute Gasteiger partial charge is 0.444 e. The van der Waals surface area contributed by atoms with Crippen molar-refractivity contribution in [3.8, 4) is 0 Å². The van der Waals surface area contributed by atoms with Crippen LogP contribution in [0.5, 0.6) is 0 Å². The molecule has 1 saturated carbocycles. The second kappa shape index (κ2) is 5.29. The van der Waals surface area contributed by atoms with Crippen LogP contribution in [0.4, 0.5) is 4.79 Å². The van der Waals surface area contributed by atoms with Crippen LogP contribution in [0, 0.1) is 5.92 Å². The molecule has 2 rings (SSSR count). The summed E-state index contributed by atoms with van der Waals surface area (Å²) >= 11 is 0. The first-order valence-corrected chi connectivity index (χ1v) is 7.15. The second-order valence-electron chi connectivity index (χ2n) is 6.81. The van der Waals surface area contributed by atoms with Crippen LogP contribution in [0.3, 0.4) is 0 Å². The Labute approximate surface area is 115 Å². The maximum absolute atomic E-state index is 11.9. The first kappa shape index (κ1) is 14.6. The van der Waals surface area contributed by atoms with Gasteiger partial charge in [0.15, 0.2) is 0 Å². The average Bonchev–Trinajstić information content (AvgIpc) is 2.65. The van der Waals surface area contributed by atoms with Crippen LogP contribution in [-0.2, 0) is 9.47 Å². The van der Waals surface area contributed by atoms with Crippen molar-refractivity contribution in [3.63, 3.8) is 0 Å². The fraction of sp³-hybridized carbons (Fsp3) is 0.929. The average molecular weight is 270 g/mol. The van der Waals surface area contributed by atoms with Gasteiger partial charge in [0.05, 0.1) is 18.2 Å². The third kappa shape index (κ3) is 3.39. The van der Waals surface area contributed by atoms with Crippen molar-refractivity contribution in [2.45, 2.75) is 70.9 Å². The molecule has 2 aliphatic rings. The predicted octanol–water partition coefficient (Wildman–Crippen LogP) is 1.66. The van der Waals surface area contributed by atoms with Gasteiger partial charge in [-0.3, -0.25) is 0 Å². The third-order valence-corrected chi connectivity index (χ3v) is 3.59. The van der Waals surface area contributed by atoms with Crippen LogP contribution in [0.1, 0.15) is 41.0 Å². The third-order valence-electron chi connectivity index (χ3n) is 3.59. The van der Waals surface area contributed by atoms with Crippen LogP contribution < -0.4 is 10.6 Å². The van der Waals surface area contributed by atoms with Gasteiger partial charge in [-0.05, 0) is 27.2 Å². The molecule has 0 aromatic rings. The standard InChI is InChI=1S/C14H26N2O3/c1-8(2)15-11-10(9-6-7-18-12(9)11)16-13(17)19-14(3,4)5/h8-12,15H,6-7H2,1-5H3,(H,16,17). The van der Waals surface area contributed by atoms with E-state index in [4.69, 9.17) is 9.47 Å². The zero-order valence-electron chi connectivity index (χ0n) is 12.5. The number of amides is 1. The van der Waals surface area contributed by atoms with Gasteiger partial charge >= 0.3 is 6.09 Å². The highest BCUT2D eigenvalue weighted by Gasteiger charge is 2.54. The number of nitrogens with one attached hydrogen (secondary N) is 2. The molecule has 19 heavy (non-hydrogen) atoms. The summed E-state index contributed by atoms with van der Waals surface area (Å²) in [6.45, 7) is 10.6. The molecule has 0 aromatic carbocycles. The van der Waals surface area contributed by atoms with Crippen LogP contribution in [-0.4, -0.2) is 42.5 Å². The molecule has 110 valence electrons. The second-order valence-corrected chi connectivity index (χ2v) is 6.81. The van der Waals surface area contributed by atoms with E-state index >= 15 is 0 Å². The van der Waals surface area contributed by atoms with E-state index in [-0.39, 0.29) is 24.3 Å². The Hall–Kier alpha value is -0.810. The van der Waals surface area contributed by atoms with Crippen molar-refractivity contribution >= 4 is 6.09 Å². The summed E-state index contributed by atoms with van der Waals surface area (Å²) in [5.41, 5.74) is -0.458. The quantitative estimate of drug-likeness (QED) is 0.819. The smallest absolute Gasteiger partial charge is 0.407 e. The molecule has 1 heterocycles. The van der Waals surface area contributed by atoms with E-state index in [0.717, 1.165) is 13.0 Å². The molecule has 2 N–H and O–H groups in total. The van der Waals surface area contributed by atoms with Crippen LogP contribution in [0.2, 0.25) is 0 Å². The molecule has 4 atom stereocenters. The van der Waals surface area contributed by atoms with E-state index in [9.17, 15) is 4.79 Å². The van der Waals surface area contributed by atoms with Gasteiger partial charge in [-0.2, -0.15) is 0 Å². The highest BCUT2D eigenvalue weighted by atomic mass is 16.6. The molecular weight excluding hydrogens is 244 g/mol. The zero-order chi connectivity index (χ0) is 14.2. The van der Waals surface area contributed by atoms with Crippen molar-refractivity contribution in [1.82, 2.24) is 10.6 Å². The minimum atomic E-state index is -0.458. The Morgan fingerprint density at radius 1 is 1.32 bits per heavy atom. The van der Waals surface area contributed by atoms with E-state index in [1.807, 2.05) is 20.8 Å². The van der Waals surface area contributed by atoms with E-state index in [2.05, 4.69) is 24.5 Å². The van der Waals surface area contributed by atoms with Gasteiger partial charge in [-0.15, -0.1) is 0 Å². The zero-order valence-corrected chi connectivity index (χ0v) is 12.5. The number of fused-ring (bicyclic) bond motifs is 1. The molecule has 1 aliphatic heterocycles. The summed E-state index contributed by atoms with van der Waals surface area (Å²) < 4.78 is 11.1. The Bertz CT molecular complexity index is 338.